The van der Waals surface area contributed by atoms with Crippen molar-refractivity contribution in [3.8, 4) is 0 Å². The van der Waals surface area contributed by atoms with Gasteiger partial charge in [-0.25, -0.2) is 10.8 Å². The van der Waals surface area contributed by atoms with E-state index >= 15 is 0 Å². The number of hydrogen-bond acceptors (Lipinski definition) is 6. The summed E-state index contributed by atoms with van der Waals surface area (Å²) in [5.41, 5.74) is 0. The fraction of sp³-hybridized carbons (Fsp3) is 1.00. The van der Waals surface area contributed by atoms with Crippen LogP contribution in [0.15, 0.2) is 0 Å². The van der Waals surface area contributed by atoms with E-state index in [0.717, 1.165) is 0 Å². The van der Waals surface area contributed by atoms with Gasteiger partial charge >= 0.3 is 5.09 Å². The van der Waals surface area contributed by atoms with Gasteiger partial charge in [-0.3, -0.25) is 0 Å². The second kappa shape index (κ2) is 4.83. The summed E-state index contributed by atoms with van der Waals surface area (Å²) in [7, 11) is 3.67. The molecule has 0 atom stereocenters. The van der Waals surface area contributed by atoms with Crippen molar-refractivity contribution in [1.82, 2.24) is 10.1 Å². The molecule has 0 saturated carbocycles. The number of nitrogens with zero attached hydrogens (tertiary/aromatic N) is 3. The Morgan fingerprint density at radius 3 is 2.45 bits per heavy atom. The average Bonchev–Trinajstić information content (AvgIpc) is 1.82. The van der Waals surface area contributed by atoms with Gasteiger partial charge < -0.3 is 4.90 Å². The van der Waals surface area contributed by atoms with Crippen molar-refractivity contribution in [1.29, 1.82) is 0 Å². The molecule has 0 radical (unpaired) electrons. The zero-order chi connectivity index (χ0) is 8.85. The van der Waals surface area contributed by atoms with Crippen LogP contribution >= 0.6 is 0 Å². The van der Waals surface area contributed by atoms with E-state index in [1.807, 2.05) is 19.0 Å². The quantitative estimate of drug-likeness (QED) is 0.313. The van der Waals surface area contributed by atoms with Crippen molar-refractivity contribution >= 4 is 0 Å². The number of nitrogens with two attached hydrogens (primary N) is 1. The predicted molar refractivity (Wildman–Crippen MR) is 37.5 cm³/mol. The molecule has 0 bridgehead atoms. The number of rotatable bonds is 5. The van der Waals surface area contributed by atoms with Crippen molar-refractivity contribution in [2.75, 3.05) is 27.2 Å². The molecular formula is C4H12N4O3. The lowest BCUT2D eigenvalue weighted by Crippen LogP contribution is -2.38. The molecule has 0 aliphatic carbocycles. The normalized spacial score (nSPS) is 10.6. The van der Waals surface area contributed by atoms with Crippen molar-refractivity contribution < 1.29 is 10.0 Å². The predicted octanol–water partition coefficient (Wildman–Crippen LogP) is -1.15. The Morgan fingerprint density at radius 2 is 2.09 bits per heavy atom. The summed E-state index contributed by atoms with van der Waals surface area (Å²) in [6, 6.07) is 0. The monoisotopic (exact) mass is 164 g/mol. The highest BCUT2D eigenvalue weighted by atomic mass is 17.0. The van der Waals surface area contributed by atoms with Gasteiger partial charge in [0.1, 0.15) is 0 Å². The first kappa shape index (κ1) is 10.1. The van der Waals surface area contributed by atoms with Crippen molar-refractivity contribution in [3.63, 3.8) is 0 Å². The van der Waals surface area contributed by atoms with E-state index in [0.29, 0.717) is 11.7 Å². The topological polar surface area (TPSA) is 84.9 Å². The Balaban J connectivity index is 3.37. The molecule has 0 aliphatic rings. The molecule has 7 nitrogen and oxygen atoms in total. The smallest absolute Gasteiger partial charge is 0.308 e. The van der Waals surface area contributed by atoms with E-state index in [9.17, 15) is 10.1 Å². The zero-order valence-corrected chi connectivity index (χ0v) is 6.56. The summed E-state index contributed by atoms with van der Waals surface area (Å²) in [5, 5.41) is 9.43. The summed E-state index contributed by atoms with van der Waals surface area (Å²) in [6.45, 7) is 0.887. The van der Waals surface area contributed by atoms with E-state index < -0.39 is 5.09 Å². The van der Waals surface area contributed by atoms with Gasteiger partial charge in [0.2, 0.25) is 0 Å². The third-order valence-electron chi connectivity index (χ3n) is 0.939. The first-order valence-electron chi connectivity index (χ1n) is 3.02. The van der Waals surface area contributed by atoms with E-state index in [-0.39, 0.29) is 6.54 Å². The Labute approximate surface area is 64.3 Å². The van der Waals surface area contributed by atoms with E-state index in [2.05, 4.69) is 4.94 Å². The summed E-state index contributed by atoms with van der Waals surface area (Å²) in [5.74, 6) is 5.07. The standard InChI is InChI=1S/C4H12N4O3/c1-6(2)3-4-7(5)11-8(9)10/h3-5H2,1-2H3. The molecule has 0 saturated heterocycles. The fourth-order valence-electron chi connectivity index (χ4n) is 0.425. The fourth-order valence-corrected chi connectivity index (χ4v) is 0.425. The van der Waals surface area contributed by atoms with Gasteiger partial charge in [-0.1, -0.05) is 5.17 Å². The van der Waals surface area contributed by atoms with Crippen LogP contribution in [0.5, 0.6) is 0 Å². The maximum Gasteiger partial charge on any atom is 0.313 e. The molecule has 66 valence electrons. The van der Waals surface area contributed by atoms with Crippen LogP contribution in [0.3, 0.4) is 0 Å². The minimum atomic E-state index is -0.949. The van der Waals surface area contributed by atoms with Gasteiger partial charge in [0.15, 0.2) is 0 Å². The maximum atomic E-state index is 9.70. The molecule has 0 amide bonds. The Kier molecular flexibility index (Phi) is 4.42. The number of likely N-dealkylation sites (N-methyl/N-ethyl adjacent to an activating group) is 1. The zero-order valence-electron chi connectivity index (χ0n) is 6.56. The molecular weight excluding hydrogens is 152 g/mol. The van der Waals surface area contributed by atoms with Crippen molar-refractivity contribution in [2.24, 2.45) is 5.84 Å². The molecule has 0 aromatic heterocycles. The highest BCUT2D eigenvalue weighted by Gasteiger charge is 2.03. The van der Waals surface area contributed by atoms with E-state index in [4.69, 9.17) is 5.84 Å². The summed E-state index contributed by atoms with van der Waals surface area (Å²) in [4.78, 5) is 15.4. The lowest BCUT2D eigenvalue weighted by Gasteiger charge is -2.14. The molecule has 0 aromatic carbocycles. The highest BCUT2D eigenvalue weighted by Crippen LogP contribution is 1.82. The first-order chi connectivity index (χ1) is 5.02. The molecule has 0 aromatic rings. The largest absolute Gasteiger partial charge is 0.313 e. The van der Waals surface area contributed by atoms with Crippen LogP contribution in [0, 0.1) is 10.1 Å². The number of hydrogen-bond donors (Lipinski definition) is 1. The second-order valence-electron chi connectivity index (χ2n) is 2.25. The summed E-state index contributed by atoms with van der Waals surface area (Å²) in [6.07, 6.45) is 0. The molecule has 0 aliphatic heterocycles. The van der Waals surface area contributed by atoms with Crippen molar-refractivity contribution in [2.45, 2.75) is 0 Å². The second-order valence-corrected chi connectivity index (χ2v) is 2.25. The van der Waals surface area contributed by atoms with Crippen LogP contribution in [0.2, 0.25) is 0 Å². The molecule has 7 heteroatoms. The minimum absolute atomic E-state index is 0.286. The Hall–Kier alpha value is -0.920. The number of hydroxylamine groups is 1. The molecule has 0 unspecified atom stereocenters. The third kappa shape index (κ3) is 6.97. The average molecular weight is 164 g/mol. The minimum Gasteiger partial charge on any atom is -0.308 e. The van der Waals surface area contributed by atoms with Crippen molar-refractivity contribution in [3.05, 3.63) is 10.1 Å². The van der Waals surface area contributed by atoms with Gasteiger partial charge in [-0.15, -0.1) is 10.1 Å². The molecule has 0 spiro atoms. The summed E-state index contributed by atoms with van der Waals surface area (Å²) < 4.78 is 0. The van der Waals surface area contributed by atoms with Crippen LogP contribution in [0.25, 0.3) is 0 Å². The SMILES string of the molecule is CN(C)CCN(N)O[N+](=O)[O-]. The van der Waals surface area contributed by atoms with Crippen LogP contribution in [0.1, 0.15) is 0 Å². The van der Waals surface area contributed by atoms with E-state index in [1.54, 1.807) is 0 Å². The molecule has 0 rings (SSSR count). The van der Waals surface area contributed by atoms with Gasteiger partial charge in [0, 0.05) is 6.54 Å². The lowest BCUT2D eigenvalue weighted by atomic mass is 10.6. The van der Waals surface area contributed by atoms with Crippen LogP contribution in [-0.2, 0) is 4.94 Å². The van der Waals surface area contributed by atoms with Gasteiger partial charge in [0.05, 0.1) is 6.54 Å². The molecule has 0 heterocycles. The van der Waals surface area contributed by atoms with Gasteiger partial charge in [-0.2, -0.15) is 0 Å². The number of hydrazine groups is 1. The van der Waals surface area contributed by atoms with Crippen LogP contribution in [-0.4, -0.2) is 42.3 Å². The van der Waals surface area contributed by atoms with E-state index in [1.165, 1.54) is 0 Å². The first-order valence-corrected chi connectivity index (χ1v) is 3.02. The van der Waals surface area contributed by atoms with Gasteiger partial charge in [0.25, 0.3) is 0 Å². The third-order valence-corrected chi connectivity index (χ3v) is 0.939. The van der Waals surface area contributed by atoms with Crippen LogP contribution in [0.4, 0.5) is 0 Å². The molecule has 2 N–H and O–H groups in total. The summed E-state index contributed by atoms with van der Waals surface area (Å²) >= 11 is 0. The molecule has 11 heavy (non-hydrogen) atoms. The highest BCUT2D eigenvalue weighted by molar-refractivity contribution is 4.41. The lowest BCUT2D eigenvalue weighted by molar-refractivity contribution is -0.811. The Morgan fingerprint density at radius 1 is 1.55 bits per heavy atom. The maximum absolute atomic E-state index is 9.70. The molecule has 0 fully saturated rings. The van der Waals surface area contributed by atoms with Crippen LogP contribution < -0.4 is 5.84 Å². The van der Waals surface area contributed by atoms with Gasteiger partial charge in [-0.05, 0) is 14.1 Å². The Bertz CT molecular complexity index is 129.